The fraction of sp³-hybridized carbons (Fsp3) is 0.444. The normalized spacial score (nSPS) is 27.0. The molecule has 1 saturated carbocycles. The molecule has 4 atom stereocenters. The van der Waals surface area contributed by atoms with Gasteiger partial charge in [-0.05, 0) is 55.0 Å². The number of carbonyl (C=O) groups excluding carboxylic acids is 2. The molecule has 0 unspecified atom stereocenters. The number of para-hydroxylation sites is 2. The van der Waals surface area contributed by atoms with Crippen molar-refractivity contribution in [1.29, 1.82) is 0 Å². The molecule has 6 nitrogen and oxygen atoms in total. The summed E-state index contributed by atoms with van der Waals surface area (Å²) in [5.41, 5.74) is 1.43. The number of nitrogens with zero attached hydrogens (tertiary/aromatic N) is 3. The Morgan fingerprint density at radius 3 is 2.76 bits per heavy atom. The summed E-state index contributed by atoms with van der Waals surface area (Å²) < 4.78 is 1.90. The minimum atomic E-state index is -1.07. The van der Waals surface area contributed by atoms with Crippen molar-refractivity contribution in [3.05, 3.63) is 64.9 Å². The molecule has 5 rings (SSSR count). The number of hydrogen-bond donors (Lipinski definition) is 1. The first kappa shape index (κ1) is 22.9. The van der Waals surface area contributed by atoms with Crippen LogP contribution >= 0.6 is 11.6 Å². The Morgan fingerprint density at radius 2 is 1.97 bits per heavy atom. The Morgan fingerprint density at radius 1 is 1.18 bits per heavy atom. The first-order chi connectivity index (χ1) is 16.3. The fourth-order valence-corrected chi connectivity index (χ4v) is 5.72. The highest BCUT2D eigenvalue weighted by Gasteiger charge is 2.49. The number of aromatic nitrogens is 2. The molecule has 178 valence electrons. The molecule has 0 radical (unpaired) electrons. The molecule has 0 saturated heterocycles. The number of benzene rings is 2. The van der Waals surface area contributed by atoms with Gasteiger partial charge in [-0.15, -0.1) is 0 Å². The molecule has 7 heteroatoms. The van der Waals surface area contributed by atoms with Crippen LogP contribution in [0.5, 0.6) is 0 Å². The Labute approximate surface area is 205 Å². The van der Waals surface area contributed by atoms with E-state index in [-0.39, 0.29) is 24.4 Å². The van der Waals surface area contributed by atoms with E-state index in [1.54, 1.807) is 11.0 Å². The zero-order valence-corrected chi connectivity index (χ0v) is 20.7. The molecule has 1 aliphatic heterocycles. The van der Waals surface area contributed by atoms with Crippen molar-refractivity contribution in [3.63, 3.8) is 0 Å². The van der Waals surface area contributed by atoms with E-state index in [0.717, 1.165) is 29.4 Å². The van der Waals surface area contributed by atoms with Crippen LogP contribution in [-0.4, -0.2) is 37.8 Å². The quantitative estimate of drug-likeness (QED) is 0.570. The number of amides is 2. The molecule has 0 bridgehead atoms. The fourth-order valence-electron chi connectivity index (χ4n) is 5.51. The molecule has 1 aromatic heterocycles. The molecule has 2 amide bonds. The third-order valence-corrected chi connectivity index (χ3v) is 8.13. The average molecular weight is 479 g/mol. The molecule has 0 spiro atoms. The maximum atomic E-state index is 14.0. The van der Waals surface area contributed by atoms with Gasteiger partial charge in [-0.3, -0.25) is 9.59 Å². The van der Waals surface area contributed by atoms with E-state index in [1.165, 1.54) is 6.42 Å². The van der Waals surface area contributed by atoms with Gasteiger partial charge in [0.05, 0.1) is 17.6 Å². The van der Waals surface area contributed by atoms with Crippen molar-refractivity contribution in [2.24, 2.45) is 11.8 Å². The van der Waals surface area contributed by atoms with Gasteiger partial charge in [0.25, 0.3) is 5.91 Å². The van der Waals surface area contributed by atoms with Gasteiger partial charge in [0.15, 0.2) is 5.82 Å². The molecule has 34 heavy (non-hydrogen) atoms. The van der Waals surface area contributed by atoms with Crippen LogP contribution in [0.2, 0.25) is 5.02 Å². The highest BCUT2D eigenvalue weighted by atomic mass is 35.5. The lowest BCUT2D eigenvalue weighted by molar-refractivity contribution is -0.134. The number of halogens is 1. The van der Waals surface area contributed by atoms with E-state index in [0.29, 0.717) is 29.2 Å². The molecule has 2 heterocycles. The number of carbonyl (C=O) groups is 2. The van der Waals surface area contributed by atoms with E-state index >= 15 is 0 Å². The number of nitrogens with one attached hydrogen (secondary N) is 1. The van der Waals surface area contributed by atoms with Gasteiger partial charge < -0.3 is 14.8 Å². The minimum absolute atomic E-state index is 0.108. The van der Waals surface area contributed by atoms with Gasteiger partial charge in [-0.25, -0.2) is 4.98 Å². The van der Waals surface area contributed by atoms with Crippen LogP contribution in [0.25, 0.3) is 11.0 Å². The maximum absolute atomic E-state index is 14.0. The van der Waals surface area contributed by atoms with Crippen LogP contribution in [0, 0.1) is 11.8 Å². The number of rotatable bonds is 4. The van der Waals surface area contributed by atoms with Gasteiger partial charge in [0.2, 0.25) is 5.91 Å². The third kappa shape index (κ3) is 3.88. The molecule has 2 aliphatic rings. The summed E-state index contributed by atoms with van der Waals surface area (Å²) in [5.74, 6) is 0.966. The summed E-state index contributed by atoms with van der Waals surface area (Å²) in [6.45, 7) is 6.97. The standard InChI is InChI=1S/C27H31ClN4O2/c1-17-8-6-12-21(18(17)2)30-26(34)27(3)16-31-23-13-5-4-11-22(23)29-24(31)25(33)32(27)15-19-9-7-10-20(28)14-19/h4-5,7,9-11,13-14,17-18,21H,6,8,12,15-16H2,1-3H3,(H,30,34)/t17-,18-,21+,27+/m1/s1. The second-order valence-corrected chi connectivity index (χ2v) is 10.6. The summed E-state index contributed by atoms with van der Waals surface area (Å²) in [5, 5.41) is 3.94. The second kappa shape index (κ2) is 8.73. The lowest BCUT2D eigenvalue weighted by Gasteiger charge is -2.45. The second-order valence-electron chi connectivity index (χ2n) is 10.2. The Balaban J connectivity index is 1.55. The molecule has 1 N–H and O–H groups in total. The summed E-state index contributed by atoms with van der Waals surface area (Å²) in [7, 11) is 0. The van der Waals surface area contributed by atoms with Crippen LogP contribution in [0.4, 0.5) is 0 Å². The molecule has 2 aromatic carbocycles. The van der Waals surface area contributed by atoms with E-state index in [4.69, 9.17) is 11.6 Å². The zero-order valence-electron chi connectivity index (χ0n) is 19.9. The summed E-state index contributed by atoms with van der Waals surface area (Å²) >= 11 is 6.23. The Bertz CT molecular complexity index is 1250. The predicted molar refractivity (Wildman–Crippen MR) is 134 cm³/mol. The number of imidazole rings is 1. The topological polar surface area (TPSA) is 67.2 Å². The molecule has 1 aliphatic carbocycles. The van der Waals surface area contributed by atoms with Crippen molar-refractivity contribution >= 4 is 34.4 Å². The number of hydrogen-bond acceptors (Lipinski definition) is 3. The van der Waals surface area contributed by atoms with Crippen molar-refractivity contribution in [2.75, 3.05) is 0 Å². The van der Waals surface area contributed by atoms with E-state index in [1.807, 2.05) is 54.0 Å². The van der Waals surface area contributed by atoms with Gasteiger partial charge in [-0.1, -0.05) is 62.6 Å². The van der Waals surface area contributed by atoms with E-state index in [9.17, 15) is 9.59 Å². The van der Waals surface area contributed by atoms with Crippen molar-refractivity contribution in [2.45, 2.75) is 64.7 Å². The average Bonchev–Trinajstić information content (AvgIpc) is 3.18. The maximum Gasteiger partial charge on any atom is 0.291 e. The van der Waals surface area contributed by atoms with E-state index < -0.39 is 5.54 Å². The molecular formula is C27H31ClN4O2. The van der Waals surface area contributed by atoms with Gasteiger partial charge in [0.1, 0.15) is 5.54 Å². The smallest absolute Gasteiger partial charge is 0.291 e. The lowest BCUT2D eigenvalue weighted by atomic mass is 9.77. The van der Waals surface area contributed by atoms with Crippen molar-refractivity contribution < 1.29 is 9.59 Å². The van der Waals surface area contributed by atoms with Crippen LogP contribution in [0.1, 0.15) is 56.2 Å². The van der Waals surface area contributed by atoms with Crippen LogP contribution in [0.3, 0.4) is 0 Å². The van der Waals surface area contributed by atoms with Gasteiger partial charge in [0, 0.05) is 17.6 Å². The third-order valence-electron chi connectivity index (χ3n) is 7.89. The first-order valence-corrected chi connectivity index (χ1v) is 12.5. The largest absolute Gasteiger partial charge is 0.351 e. The van der Waals surface area contributed by atoms with Crippen LogP contribution in [-0.2, 0) is 17.9 Å². The monoisotopic (exact) mass is 478 g/mol. The SMILES string of the molecule is C[C@@H]1[C@H](C)CCC[C@@H]1NC(=O)[C@]1(C)Cn2c(nc3ccccc32)C(=O)N1Cc1cccc(Cl)c1. The zero-order chi connectivity index (χ0) is 24.0. The summed E-state index contributed by atoms with van der Waals surface area (Å²) in [4.78, 5) is 34.1. The van der Waals surface area contributed by atoms with E-state index in [2.05, 4.69) is 24.1 Å². The summed E-state index contributed by atoms with van der Waals surface area (Å²) in [6, 6.07) is 15.2. The predicted octanol–water partition coefficient (Wildman–Crippen LogP) is 5.05. The molecule has 3 aromatic rings. The van der Waals surface area contributed by atoms with Crippen molar-refractivity contribution in [1.82, 2.24) is 19.8 Å². The Hall–Kier alpha value is -2.86. The van der Waals surface area contributed by atoms with Crippen LogP contribution < -0.4 is 5.32 Å². The number of fused-ring (bicyclic) bond motifs is 3. The lowest BCUT2D eigenvalue weighted by Crippen LogP contribution is -2.65. The molecular weight excluding hydrogens is 448 g/mol. The minimum Gasteiger partial charge on any atom is -0.351 e. The van der Waals surface area contributed by atoms with Crippen LogP contribution in [0.15, 0.2) is 48.5 Å². The van der Waals surface area contributed by atoms with Gasteiger partial charge >= 0.3 is 0 Å². The first-order valence-electron chi connectivity index (χ1n) is 12.1. The Kier molecular flexibility index (Phi) is 5.88. The van der Waals surface area contributed by atoms with Crippen molar-refractivity contribution in [3.8, 4) is 0 Å². The molecule has 1 fully saturated rings. The summed E-state index contributed by atoms with van der Waals surface area (Å²) in [6.07, 6.45) is 3.26. The van der Waals surface area contributed by atoms with Gasteiger partial charge in [-0.2, -0.15) is 0 Å². The highest BCUT2D eigenvalue weighted by Crippen LogP contribution is 2.34. The highest BCUT2D eigenvalue weighted by molar-refractivity contribution is 6.30.